The largest absolute Gasteiger partial charge is 0.401 e. The minimum absolute atomic E-state index is 0.0937. The summed E-state index contributed by atoms with van der Waals surface area (Å²) in [6.07, 6.45) is -5.16. The van der Waals surface area contributed by atoms with Gasteiger partial charge < -0.3 is 10.2 Å². The molecule has 0 saturated heterocycles. The molecule has 0 fully saturated rings. The standard InChI is InChI=1S/C7H13BrF3NO2/c8-3-6(14)4-12(1-2-13)5-7(9,10)11/h6,13-14H,1-5H2. The zero-order valence-electron chi connectivity index (χ0n) is 7.47. The van der Waals surface area contributed by atoms with Gasteiger partial charge in [-0.1, -0.05) is 15.9 Å². The lowest BCUT2D eigenvalue weighted by atomic mass is 10.3. The van der Waals surface area contributed by atoms with Crippen molar-refractivity contribution in [2.75, 3.05) is 31.6 Å². The molecular weight excluding hydrogens is 267 g/mol. The summed E-state index contributed by atoms with van der Waals surface area (Å²) in [5.41, 5.74) is 0. The van der Waals surface area contributed by atoms with Crippen LogP contribution in [-0.4, -0.2) is 59.0 Å². The lowest BCUT2D eigenvalue weighted by molar-refractivity contribution is -0.148. The first-order valence-electron chi connectivity index (χ1n) is 4.03. The summed E-state index contributed by atoms with van der Waals surface area (Å²) < 4.78 is 35.9. The Balaban J connectivity index is 4.01. The predicted molar refractivity (Wildman–Crippen MR) is 49.4 cm³/mol. The maximum Gasteiger partial charge on any atom is 0.401 e. The van der Waals surface area contributed by atoms with E-state index in [1.807, 2.05) is 0 Å². The Morgan fingerprint density at radius 1 is 1.36 bits per heavy atom. The molecule has 7 heteroatoms. The number of hydrogen-bond acceptors (Lipinski definition) is 3. The molecule has 2 N–H and O–H groups in total. The third-order valence-corrected chi connectivity index (χ3v) is 2.21. The molecule has 0 saturated carbocycles. The van der Waals surface area contributed by atoms with Gasteiger partial charge in [-0.05, 0) is 0 Å². The SMILES string of the molecule is OCCN(CC(O)CBr)CC(F)(F)F. The van der Waals surface area contributed by atoms with Crippen molar-refractivity contribution in [2.24, 2.45) is 0 Å². The normalized spacial score (nSPS) is 14.8. The molecule has 14 heavy (non-hydrogen) atoms. The van der Waals surface area contributed by atoms with Crippen molar-refractivity contribution < 1.29 is 23.4 Å². The average molecular weight is 280 g/mol. The first-order valence-corrected chi connectivity index (χ1v) is 5.15. The van der Waals surface area contributed by atoms with Crippen LogP contribution in [0.25, 0.3) is 0 Å². The molecular formula is C7H13BrF3NO2. The highest BCUT2D eigenvalue weighted by Gasteiger charge is 2.30. The summed E-state index contributed by atoms with van der Waals surface area (Å²) in [7, 11) is 0. The maximum absolute atomic E-state index is 12.0. The first kappa shape index (κ1) is 14.2. The van der Waals surface area contributed by atoms with E-state index in [4.69, 9.17) is 10.2 Å². The van der Waals surface area contributed by atoms with Crippen LogP contribution in [0.1, 0.15) is 0 Å². The van der Waals surface area contributed by atoms with Gasteiger partial charge in [0.1, 0.15) is 0 Å². The summed E-state index contributed by atoms with van der Waals surface area (Å²) in [5.74, 6) is 0. The fraction of sp³-hybridized carbons (Fsp3) is 1.00. The Bertz CT molecular complexity index is 156. The molecule has 0 heterocycles. The maximum atomic E-state index is 12.0. The van der Waals surface area contributed by atoms with Gasteiger partial charge in [-0.3, -0.25) is 4.90 Å². The summed E-state index contributed by atoms with van der Waals surface area (Å²) >= 11 is 2.95. The van der Waals surface area contributed by atoms with Crippen LogP contribution in [0.15, 0.2) is 0 Å². The number of rotatable bonds is 6. The zero-order chi connectivity index (χ0) is 11.2. The van der Waals surface area contributed by atoms with Gasteiger partial charge >= 0.3 is 6.18 Å². The highest BCUT2D eigenvalue weighted by Crippen LogP contribution is 2.16. The second kappa shape index (κ2) is 6.60. The molecule has 0 spiro atoms. The molecule has 0 aliphatic rings. The van der Waals surface area contributed by atoms with E-state index in [0.29, 0.717) is 0 Å². The van der Waals surface area contributed by atoms with Crippen LogP contribution < -0.4 is 0 Å². The first-order chi connectivity index (χ1) is 6.39. The van der Waals surface area contributed by atoms with Crippen LogP contribution in [0.2, 0.25) is 0 Å². The van der Waals surface area contributed by atoms with Gasteiger partial charge in [-0.15, -0.1) is 0 Å². The molecule has 0 bridgehead atoms. The van der Waals surface area contributed by atoms with Crippen LogP contribution in [0.4, 0.5) is 13.2 Å². The number of aliphatic hydroxyl groups excluding tert-OH is 2. The van der Waals surface area contributed by atoms with Crippen LogP contribution in [0, 0.1) is 0 Å². The molecule has 86 valence electrons. The van der Waals surface area contributed by atoms with E-state index < -0.39 is 18.8 Å². The fourth-order valence-corrected chi connectivity index (χ4v) is 1.18. The molecule has 0 aliphatic carbocycles. The molecule has 3 nitrogen and oxygen atoms in total. The number of aliphatic hydroxyl groups is 2. The van der Waals surface area contributed by atoms with E-state index in [9.17, 15) is 13.2 Å². The van der Waals surface area contributed by atoms with Crippen molar-refractivity contribution >= 4 is 15.9 Å². The van der Waals surface area contributed by atoms with Crippen LogP contribution in [0.3, 0.4) is 0 Å². The molecule has 0 aromatic rings. The van der Waals surface area contributed by atoms with E-state index >= 15 is 0 Å². The van der Waals surface area contributed by atoms with E-state index in [0.717, 1.165) is 4.90 Å². The topological polar surface area (TPSA) is 43.7 Å². The molecule has 1 unspecified atom stereocenters. The minimum Gasteiger partial charge on any atom is -0.395 e. The third-order valence-electron chi connectivity index (χ3n) is 1.47. The van der Waals surface area contributed by atoms with E-state index in [1.165, 1.54) is 0 Å². The second-order valence-corrected chi connectivity index (χ2v) is 3.53. The van der Waals surface area contributed by atoms with Gasteiger partial charge in [0.05, 0.1) is 19.3 Å². The van der Waals surface area contributed by atoms with Gasteiger partial charge in [-0.25, -0.2) is 0 Å². The number of nitrogens with zero attached hydrogens (tertiary/aromatic N) is 1. The molecule has 0 aliphatic heterocycles. The van der Waals surface area contributed by atoms with Gasteiger partial charge in [0.15, 0.2) is 0 Å². The van der Waals surface area contributed by atoms with Crippen LogP contribution >= 0.6 is 15.9 Å². The lowest BCUT2D eigenvalue weighted by Gasteiger charge is -2.24. The van der Waals surface area contributed by atoms with Gasteiger partial charge in [0.2, 0.25) is 0 Å². The van der Waals surface area contributed by atoms with Crippen LogP contribution in [0.5, 0.6) is 0 Å². The quantitative estimate of drug-likeness (QED) is 0.700. The third kappa shape index (κ3) is 7.54. The van der Waals surface area contributed by atoms with Crippen molar-refractivity contribution in [3.05, 3.63) is 0 Å². The molecule has 0 amide bonds. The smallest absolute Gasteiger partial charge is 0.395 e. The van der Waals surface area contributed by atoms with E-state index in [-0.39, 0.29) is 25.0 Å². The highest BCUT2D eigenvalue weighted by molar-refractivity contribution is 9.09. The monoisotopic (exact) mass is 279 g/mol. The van der Waals surface area contributed by atoms with Gasteiger partial charge in [0, 0.05) is 18.4 Å². The number of alkyl halides is 4. The Labute approximate surface area is 88.6 Å². The molecule has 0 aromatic carbocycles. The zero-order valence-corrected chi connectivity index (χ0v) is 9.05. The predicted octanol–water partition coefficient (Wildman–Crippen LogP) is 0.599. The van der Waals surface area contributed by atoms with Crippen molar-refractivity contribution in [3.63, 3.8) is 0 Å². The molecule has 0 radical (unpaired) electrons. The van der Waals surface area contributed by atoms with Gasteiger partial charge in [-0.2, -0.15) is 13.2 Å². The highest BCUT2D eigenvalue weighted by atomic mass is 79.9. The van der Waals surface area contributed by atoms with E-state index in [1.54, 1.807) is 0 Å². The molecule has 1 atom stereocenters. The van der Waals surface area contributed by atoms with Crippen molar-refractivity contribution in [3.8, 4) is 0 Å². The van der Waals surface area contributed by atoms with Crippen molar-refractivity contribution in [1.82, 2.24) is 4.90 Å². The van der Waals surface area contributed by atoms with E-state index in [2.05, 4.69) is 15.9 Å². The summed E-state index contributed by atoms with van der Waals surface area (Å²) in [5, 5.41) is 17.8. The Hall–Kier alpha value is 0.150. The lowest BCUT2D eigenvalue weighted by Crippen LogP contribution is -2.41. The summed E-state index contributed by atoms with van der Waals surface area (Å²) in [4.78, 5) is 0.964. The number of halogens is 4. The second-order valence-electron chi connectivity index (χ2n) is 2.88. The van der Waals surface area contributed by atoms with Crippen molar-refractivity contribution in [1.29, 1.82) is 0 Å². The van der Waals surface area contributed by atoms with Crippen LogP contribution in [-0.2, 0) is 0 Å². The summed E-state index contributed by atoms with van der Waals surface area (Å²) in [6.45, 7) is -1.67. The molecule has 0 aromatic heterocycles. The minimum atomic E-state index is -4.30. The summed E-state index contributed by atoms with van der Waals surface area (Å²) in [6, 6.07) is 0. The van der Waals surface area contributed by atoms with Crippen molar-refractivity contribution in [2.45, 2.75) is 12.3 Å². The Kier molecular flexibility index (Phi) is 6.67. The Morgan fingerprint density at radius 2 is 1.93 bits per heavy atom. The van der Waals surface area contributed by atoms with Gasteiger partial charge in [0.25, 0.3) is 0 Å². The molecule has 0 rings (SSSR count). The fourth-order valence-electron chi connectivity index (χ4n) is 0.977. The number of hydrogen-bond donors (Lipinski definition) is 2. The average Bonchev–Trinajstić information content (AvgIpc) is 2.01. The Morgan fingerprint density at radius 3 is 2.29 bits per heavy atom.